The minimum absolute atomic E-state index is 0.108. The molecule has 0 spiro atoms. The number of hydrogen-bond acceptors (Lipinski definition) is 3. The number of imidazole rings is 1. The Hall–Kier alpha value is -2.17. The average Bonchev–Trinajstić information content (AvgIpc) is 2.68. The molecule has 2 N–H and O–H groups in total. The fourth-order valence-electron chi connectivity index (χ4n) is 1.58. The number of aryl methyl sites for hydroxylation is 1. The minimum Gasteiger partial charge on any atom is -0.398 e. The molecule has 88 valence electrons. The van der Waals surface area contributed by atoms with Crippen molar-refractivity contribution in [2.45, 2.75) is 6.42 Å². The molecule has 0 aliphatic rings. The van der Waals surface area contributed by atoms with E-state index >= 15 is 0 Å². The van der Waals surface area contributed by atoms with Crippen LogP contribution < -0.4 is 5.73 Å². The standard InChI is InChI=1S/C12H12FN3O/c1-16-5-4-15-12(16)7-11(17)9-6-8(13)2-3-10(9)14/h2-6H,7,14H2,1H3. The van der Waals surface area contributed by atoms with Crippen LogP contribution in [0.4, 0.5) is 10.1 Å². The topological polar surface area (TPSA) is 60.9 Å². The molecular formula is C12H12FN3O. The van der Waals surface area contributed by atoms with E-state index < -0.39 is 5.82 Å². The Morgan fingerprint density at radius 1 is 1.53 bits per heavy atom. The van der Waals surface area contributed by atoms with Gasteiger partial charge in [-0.1, -0.05) is 0 Å². The molecule has 0 fully saturated rings. The summed E-state index contributed by atoms with van der Waals surface area (Å²) in [6.45, 7) is 0. The predicted octanol–water partition coefficient (Wildman–Crippen LogP) is 1.57. The van der Waals surface area contributed by atoms with Gasteiger partial charge in [0, 0.05) is 30.7 Å². The summed E-state index contributed by atoms with van der Waals surface area (Å²) in [5, 5.41) is 0. The highest BCUT2D eigenvalue weighted by Gasteiger charge is 2.13. The minimum atomic E-state index is -0.470. The molecule has 17 heavy (non-hydrogen) atoms. The van der Waals surface area contributed by atoms with E-state index in [2.05, 4.69) is 4.98 Å². The molecule has 0 atom stereocenters. The van der Waals surface area contributed by atoms with Gasteiger partial charge >= 0.3 is 0 Å². The maximum Gasteiger partial charge on any atom is 0.172 e. The number of hydrogen-bond donors (Lipinski definition) is 1. The second-order valence-electron chi connectivity index (χ2n) is 3.79. The first-order valence-corrected chi connectivity index (χ1v) is 5.12. The third kappa shape index (κ3) is 2.33. The molecule has 1 aromatic carbocycles. The number of rotatable bonds is 3. The lowest BCUT2D eigenvalue weighted by Gasteiger charge is -2.05. The van der Waals surface area contributed by atoms with E-state index in [9.17, 15) is 9.18 Å². The summed E-state index contributed by atoms with van der Waals surface area (Å²) in [7, 11) is 1.80. The Labute approximate surface area is 97.9 Å². The van der Waals surface area contributed by atoms with Crippen molar-refractivity contribution in [1.82, 2.24) is 9.55 Å². The third-order valence-corrected chi connectivity index (χ3v) is 2.56. The van der Waals surface area contributed by atoms with Crippen molar-refractivity contribution in [3.63, 3.8) is 0 Å². The summed E-state index contributed by atoms with van der Waals surface area (Å²) >= 11 is 0. The molecular weight excluding hydrogens is 221 g/mol. The van der Waals surface area contributed by atoms with E-state index in [1.165, 1.54) is 12.1 Å². The van der Waals surface area contributed by atoms with Crippen molar-refractivity contribution in [3.05, 3.63) is 47.8 Å². The maximum absolute atomic E-state index is 13.0. The lowest BCUT2D eigenvalue weighted by Crippen LogP contribution is -2.10. The highest BCUT2D eigenvalue weighted by Crippen LogP contribution is 2.15. The van der Waals surface area contributed by atoms with Crippen LogP contribution in [0.1, 0.15) is 16.2 Å². The smallest absolute Gasteiger partial charge is 0.172 e. The number of nitrogens with two attached hydrogens (primary N) is 1. The van der Waals surface area contributed by atoms with Crippen molar-refractivity contribution in [1.29, 1.82) is 0 Å². The van der Waals surface area contributed by atoms with Crippen molar-refractivity contribution in [3.8, 4) is 0 Å². The largest absolute Gasteiger partial charge is 0.398 e. The fraction of sp³-hybridized carbons (Fsp3) is 0.167. The zero-order valence-corrected chi connectivity index (χ0v) is 9.35. The van der Waals surface area contributed by atoms with E-state index in [0.717, 1.165) is 6.07 Å². The van der Waals surface area contributed by atoms with Crippen molar-refractivity contribution in [2.75, 3.05) is 5.73 Å². The number of nitrogen functional groups attached to an aromatic ring is 1. The number of ketones is 1. The number of halogens is 1. The maximum atomic E-state index is 13.0. The van der Waals surface area contributed by atoms with E-state index in [4.69, 9.17) is 5.73 Å². The van der Waals surface area contributed by atoms with Crippen LogP contribution in [0.15, 0.2) is 30.6 Å². The Kier molecular flexibility index (Phi) is 2.91. The van der Waals surface area contributed by atoms with E-state index in [1.807, 2.05) is 0 Å². The number of benzene rings is 1. The van der Waals surface area contributed by atoms with Gasteiger partial charge in [0.25, 0.3) is 0 Å². The van der Waals surface area contributed by atoms with Crippen LogP contribution in [0.2, 0.25) is 0 Å². The van der Waals surface area contributed by atoms with Crippen molar-refractivity contribution in [2.24, 2.45) is 7.05 Å². The van der Waals surface area contributed by atoms with Gasteiger partial charge in [-0.3, -0.25) is 4.79 Å². The summed E-state index contributed by atoms with van der Waals surface area (Å²) in [5.74, 6) is -0.0858. The zero-order chi connectivity index (χ0) is 12.4. The summed E-state index contributed by atoms with van der Waals surface area (Å²) in [4.78, 5) is 16.0. The van der Waals surface area contributed by atoms with Gasteiger partial charge in [-0.2, -0.15) is 0 Å². The molecule has 2 rings (SSSR count). The Morgan fingerprint density at radius 3 is 2.94 bits per heavy atom. The molecule has 1 heterocycles. The van der Waals surface area contributed by atoms with Gasteiger partial charge in [-0.05, 0) is 18.2 Å². The second kappa shape index (κ2) is 4.37. The van der Waals surface area contributed by atoms with E-state index in [1.54, 1.807) is 24.0 Å². The molecule has 1 aromatic heterocycles. The Morgan fingerprint density at radius 2 is 2.29 bits per heavy atom. The highest BCUT2D eigenvalue weighted by atomic mass is 19.1. The highest BCUT2D eigenvalue weighted by molar-refractivity contribution is 6.01. The van der Waals surface area contributed by atoms with Crippen LogP contribution in [0.3, 0.4) is 0 Å². The monoisotopic (exact) mass is 233 g/mol. The first-order chi connectivity index (χ1) is 8.08. The second-order valence-corrected chi connectivity index (χ2v) is 3.79. The fourth-order valence-corrected chi connectivity index (χ4v) is 1.58. The molecule has 0 unspecified atom stereocenters. The van der Waals surface area contributed by atoms with Crippen LogP contribution in [0.25, 0.3) is 0 Å². The van der Waals surface area contributed by atoms with E-state index in [0.29, 0.717) is 5.82 Å². The number of nitrogens with zero attached hydrogens (tertiary/aromatic N) is 2. The van der Waals surface area contributed by atoms with Gasteiger partial charge < -0.3 is 10.3 Å². The Bertz CT molecular complexity index is 563. The van der Waals surface area contributed by atoms with Gasteiger partial charge in [-0.15, -0.1) is 0 Å². The number of carbonyl (C=O) groups excluding carboxylic acids is 1. The SMILES string of the molecule is Cn1ccnc1CC(=O)c1cc(F)ccc1N. The molecule has 0 saturated heterocycles. The van der Waals surface area contributed by atoms with Crippen LogP contribution in [0.5, 0.6) is 0 Å². The number of aromatic nitrogens is 2. The van der Waals surface area contributed by atoms with E-state index in [-0.39, 0.29) is 23.5 Å². The van der Waals surface area contributed by atoms with Gasteiger partial charge in [0.05, 0.1) is 6.42 Å². The summed E-state index contributed by atoms with van der Waals surface area (Å²) in [6.07, 6.45) is 3.46. The lowest BCUT2D eigenvalue weighted by atomic mass is 10.1. The van der Waals surface area contributed by atoms with Crippen LogP contribution in [0, 0.1) is 5.82 Å². The number of Topliss-reactive ketones (excluding diaryl/α,β-unsaturated/α-hetero) is 1. The van der Waals surface area contributed by atoms with Crippen LogP contribution in [-0.4, -0.2) is 15.3 Å². The molecule has 0 radical (unpaired) electrons. The number of carbonyl (C=O) groups is 1. The lowest BCUT2D eigenvalue weighted by molar-refractivity contribution is 0.0990. The van der Waals surface area contributed by atoms with Crippen LogP contribution in [-0.2, 0) is 13.5 Å². The van der Waals surface area contributed by atoms with Crippen LogP contribution >= 0.6 is 0 Å². The van der Waals surface area contributed by atoms with Gasteiger partial charge in [0.15, 0.2) is 5.78 Å². The first kappa shape index (κ1) is 11.3. The molecule has 5 heteroatoms. The normalized spacial score (nSPS) is 10.5. The molecule has 0 aliphatic heterocycles. The van der Waals surface area contributed by atoms with Gasteiger partial charge in [0.1, 0.15) is 11.6 Å². The first-order valence-electron chi connectivity index (χ1n) is 5.12. The summed E-state index contributed by atoms with van der Waals surface area (Å²) in [5.41, 5.74) is 6.13. The van der Waals surface area contributed by atoms with Gasteiger partial charge in [-0.25, -0.2) is 9.37 Å². The molecule has 0 amide bonds. The van der Waals surface area contributed by atoms with Gasteiger partial charge in [0.2, 0.25) is 0 Å². The predicted molar refractivity (Wildman–Crippen MR) is 62.1 cm³/mol. The third-order valence-electron chi connectivity index (χ3n) is 2.56. The number of anilines is 1. The quantitative estimate of drug-likeness (QED) is 0.646. The molecule has 2 aromatic rings. The molecule has 0 aliphatic carbocycles. The Balaban J connectivity index is 2.26. The van der Waals surface area contributed by atoms with Crippen molar-refractivity contribution >= 4 is 11.5 Å². The molecule has 0 bridgehead atoms. The van der Waals surface area contributed by atoms with Crippen molar-refractivity contribution < 1.29 is 9.18 Å². The summed E-state index contributed by atoms with van der Waals surface area (Å²) < 4.78 is 14.8. The average molecular weight is 233 g/mol. The molecule has 4 nitrogen and oxygen atoms in total. The molecule has 0 saturated carbocycles. The zero-order valence-electron chi connectivity index (χ0n) is 9.35. The summed E-state index contributed by atoms with van der Waals surface area (Å²) in [6, 6.07) is 3.77.